The Bertz CT molecular complexity index is 1120. The Morgan fingerprint density at radius 1 is 1.03 bits per heavy atom. The lowest BCUT2D eigenvalue weighted by atomic mass is 10.2. The van der Waals surface area contributed by atoms with Crippen molar-refractivity contribution < 1.29 is 19.1 Å². The Labute approximate surface area is 194 Å². The molecule has 0 aromatic heterocycles. The molecule has 0 atom stereocenters. The molecule has 2 N–H and O–H groups in total. The molecule has 0 heterocycles. The molecule has 2 amide bonds. The number of rotatable bonds is 8. The Hall–Kier alpha value is -3.55. The van der Waals surface area contributed by atoms with Crippen LogP contribution < -0.4 is 20.2 Å². The molecular weight excluding hydrogens is 453 g/mol. The molecule has 0 bridgehead atoms. The second kappa shape index (κ2) is 11.2. The average molecular weight is 472 g/mol. The second-order valence-electron chi connectivity index (χ2n) is 6.44. The SMILES string of the molecule is COc1cc(/C=N\NC(=O)c2ccc(Cl)cc2)cc(Cl)c1OCC(=O)Nc1ccccc1. The first kappa shape index (κ1) is 23.1. The highest BCUT2D eigenvalue weighted by Gasteiger charge is 2.14. The highest BCUT2D eigenvalue weighted by Crippen LogP contribution is 2.36. The summed E-state index contributed by atoms with van der Waals surface area (Å²) in [5.74, 6) is -0.194. The molecule has 32 heavy (non-hydrogen) atoms. The summed E-state index contributed by atoms with van der Waals surface area (Å²) in [5, 5.41) is 7.41. The van der Waals surface area contributed by atoms with Gasteiger partial charge < -0.3 is 14.8 Å². The van der Waals surface area contributed by atoms with Gasteiger partial charge in [-0.05, 0) is 54.1 Å². The van der Waals surface area contributed by atoms with E-state index >= 15 is 0 Å². The molecule has 0 saturated carbocycles. The van der Waals surface area contributed by atoms with Crippen LogP contribution in [0.5, 0.6) is 11.5 Å². The van der Waals surface area contributed by atoms with Gasteiger partial charge in [0, 0.05) is 16.3 Å². The van der Waals surface area contributed by atoms with Gasteiger partial charge in [0.25, 0.3) is 11.8 Å². The average Bonchev–Trinajstić information content (AvgIpc) is 2.79. The van der Waals surface area contributed by atoms with Gasteiger partial charge in [0.2, 0.25) is 0 Å². The number of benzene rings is 3. The molecule has 0 aliphatic rings. The molecule has 7 nitrogen and oxygen atoms in total. The molecule has 9 heteroatoms. The van der Waals surface area contributed by atoms with Gasteiger partial charge in [-0.2, -0.15) is 5.10 Å². The zero-order valence-electron chi connectivity index (χ0n) is 17.0. The monoisotopic (exact) mass is 471 g/mol. The fourth-order valence-corrected chi connectivity index (χ4v) is 3.04. The van der Waals surface area contributed by atoms with Crippen LogP contribution in [0.4, 0.5) is 5.69 Å². The van der Waals surface area contributed by atoms with Crippen LogP contribution in [0.3, 0.4) is 0 Å². The summed E-state index contributed by atoms with van der Waals surface area (Å²) in [7, 11) is 1.45. The maximum absolute atomic E-state index is 12.1. The van der Waals surface area contributed by atoms with Crippen molar-refractivity contribution in [3.05, 3.63) is 87.9 Å². The Balaban J connectivity index is 1.62. The van der Waals surface area contributed by atoms with Crippen LogP contribution in [0.25, 0.3) is 0 Å². The number of hydrazone groups is 1. The van der Waals surface area contributed by atoms with Crippen LogP contribution in [-0.2, 0) is 4.79 Å². The number of nitrogens with one attached hydrogen (secondary N) is 2. The maximum atomic E-state index is 12.1. The fraction of sp³-hybridized carbons (Fsp3) is 0.0870. The first-order valence-electron chi connectivity index (χ1n) is 9.40. The van der Waals surface area contributed by atoms with Crippen LogP contribution in [0.15, 0.2) is 71.8 Å². The van der Waals surface area contributed by atoms with E-state index < -0.39 is 0 Å². The normalized spacial score (nSPS) is 10.6. The molecule has 0 fully saturated rings. The highest BCUT2D eigenvalue weighted by atomic mass is 35.5. The van der Waals surface area contributed by atoms with Crippen LogP contribution in [0.1, 0.15) is 15.9 Å². The molecule has 0 spiro atoms. The van der Waals surface area contributed by atoms with Gasteiger partial charge in [0.05, 0.1) is 18.3 Å². The third-order valence-electron chi connectivity index (χ3n) is 4.14. The number of methoxy groups -OCH3 is 1. The maximum Gasteiger partial charge on any atom is 0.271 e. The number of carbonyl (C=O) groups excluding carboxylic acids is 2. The zero-order chi connectivity index (χ0) is 22.9. The van der Waals surface area contributed by atoms with E-state index in [0.717, 1.165) is 0 Å². The van der Waals surface area contributed by atoms with Crippen molar-refractivity contribution in [3.63, 3.8) is 0 Å². The molecule has 3 rings (SSSR count). The van der Waals surface area contributed by atoms with Crippen molar-refractivity contribution in [2.24, 2.45) is 5.10 Å². The van der Waals surface area contributed by atoms with E-state index in [1.54, 1.807) is 48.5 Å². The fourth-order valence-electron chi connectivity index (χ4n) is 2.64. The summed E-state index contributed by atoms with van der Waals surface area (Å²) in [6, 6.07) is 18.6. The Morgan fingerprint density at radius 3 is 2.44 bits per heavy atom. The number of hydrogen-bond donors (Lipinski definition) is 2. The molecule has 0 aliphatic heterocycles. The van der Waals surface area contributed by atoms with E-state index in [2.05, 4.69) is 15.8 Å². The van der Waals surface area contributed by atoms with Crippen molar-refractivity contribution >= 4 is 46.9 Å². The van der Waals surface area contributed by atoms with Crippen molar-refractivity contribution in [1.29, 1.82) is 0 Å². The van der Waals surface area contributed by atoms with Gasteiger partial charge in [0.15, 0.2) is 18.1 Å². The summed E-state index contributed by atoms with van der Waals surface area (Å²) in [6.07, 6.45) is 1.41. The van der Waals surface area contributed by atoms with Gasteiger partial charge in [0.1, 0.15) is 0 Å². The predicted molar refractivity (Wildman–Crippen MR) is 125 cm³/mol. The second-order valence-corrected chi connectivity index (χ2v) is 7.29. The molecule has 3 aromatic carbocycles. The summed E-state index contributed by atoms with van der Waals surface area (Å²) in [4.78, 5) is 24.2. The van der Waals surface area contributed by atoms with Crippen LogP contribution in [-0.4, -0.2) is 31.7 Å². The Kier molecular flexibility index (Phi) is 8.08. The minimum Gasteiger partial charge on any atom is -0.493 e. The number of halogens is 2. The third-order valence-corrected chi connectivity index (χ3v) is 4.68. The largest absolute Gasteiger partial charge is 0.493 e. The van der Waals surface area contributed by atoms with Gasteiger partial charge >= 0.3 is 0 Å². The van der Waals surface area contributed by atoms with Gasteiger partial charge in [-0.1, -0.05) is 41.4 Å². The smallest absolute Gasteiger partial charge is 0.271 e. The Morgan fingerprint density at radius 2 is 1.75 bits per heavy atom. The van der Waals surface area contributed by atoms with E-state index in [1.807, 2.05) is 18.2 Å². The molecule has 0 saturated heterocycles. The summed E-state index contributed by atoms with van der Waals surface area (Å²) < 4.78 is 10.9. The number of para-hydroxylation sites is 1. The molecule has 0 aliphatic carbocycles. The number of amides is 2. The quantitative estimate of drug-likeness (QED) is 0.365. The first-order valence-corrected chi connectivity index (χ1v) is 10.2. The van der Waals surface area contributed by atoms with Crippen LogP contribution >= 0.6 is 23.2 Å². The van der Waals surface area contributed by atoms with E-state index in [0.29, 0.717) is 27.6 Å². The zero-order valence-corrected chi connectivity index (χ0v) is 18.5. The minimum absolute atomic E-state index is 0.222. The lowest BCUT2D eigenvalue weighted by Crippen LogP contribution is -2.20. The number of ether oxygens (including phenoxy) is 2. The predicted octanol–water partition coefficient (Wildman–Crippen LogP) is 4.78. The van der Waals surface area contributed by atoms with Crippen molar-refractivity contribution in [2.75, 3.05) is 19.0 Å². The molecular formula is C23H19Cl2N3O4. The van der Waals surface area contributed by atoms with E-state index in [-0.39, 0.29) is 29.2 Å². The first-order chi connectivity index (χ1) is 15.5. The summed E-state index contributed by atoms with van der Waals surface area (Å²) in [6.45, 7) is -0.254. The van der Waals surface area contributed by atoms with Gasteiger partial charge in [-0.3, -0.25) is 9.59 Å². The number of nitrogens with zero attached hydrogens (tertiary/aromatic N) is 1. The topological polar surface area (TPSA) is 89.0 Å². The van der Waals surface area contributed by atoms with E-state index in [9.17, 15) is 9.59 Å². The molecule has 164 valence electrons. The number of hydrogen-bond acceptors (Lipinski definition) is 5. The van der Waals surface area contributed by atoms with Crippen molar-refractivity contribution in [1.82, 2.24) is 5.43 Å². The van der Waals surface area contributed by atoms with Crippen LogP contribution in [0.2, 0.25) is 10.0 Å². The molecule has 0 unspecified atom stereocenters. The number of anilines is 1. The molecule has 0 radical (unpaired) electrons. The van der Waals surface area contributed by atoms with Gasteiger partial charge in [-0.15, -0.1) is 0 Å². The third kappa shape index (κ3) is 6.47. The van der Waals surface area contributed by atoms with Crippen molar-refractivity contribution in [3.8, 4) is 11.5 Å². The summed E-state index contributed by atoms with van der Waals surface area (Å²) in [5.41, 5.74) is 4.06. The minimum atomic E-state index is -0.389. The van der Waals surface area contributed by atoms with Crippen LogP contribution in [0, 0.1) is 0 Å². The van der Waals surface area contributed by atoms with E-state index in [4.69, 9.17) is 32.7 Å². The van der Waals surface area contributed by atoms with Gasteiger partial charge in [-0.25, -0.2) is 5.43 Å². The standard InChI is InChI=1S/C23H19Cl2N3O4/c1-31-20-12-15(13-26-28-23(30)16-7-9-17(24)10-8-16)11-19(25)22(20)32-14-21(29)27-18-5-3-2-4-6-18/h2-13H,14H2,1H3,(H,27,29)(H,28,30)/b26-13-. The lowest BCUT2D eigenvalue weighted by molar-refractivity contribution is -0.118. The van der Waals surface area contributed by atoms with Crippen molar-refractivity contribution in [2.45, 2.75) is 0 Å². The summed E-state index contributed by atoms with van der Waals surface area (Å²) >= 11 is 12.1. The molecule has 3 aromatic rings. The highest BCUT2D eigenvalue weighted by molar-refractivity contribution is 6.32. The lowest BCUT2D eigenvalue weighted by Gasteiger charge is -2.13. The van der Waals surface area contributed by atoms with E-state index in [1.165, 1.54) is 13.3 Å². The number of carbonyl (C=O) groups is 2.